The molecule has 0 amide bonds. The van der Waals surface area contributed by atoms with Gasteiger partial charge in [0.15, 0.2) is 0 Å². The van der Waals surface area contributed by atoms with Crippen molar-refractivity contribution in [3.8, 4) is 11.3 Å². The molecule has 0 fully saturated rings. The summed E-state index contributed by atoms with van der Waals surface area (Å²) >= 11 is 0. The van der Waals surface area contributed by atoms with Crippen LogP contribution in [0.25, 0.3) is 32.8 Å². The molecule has 0 unspecified atom stereocenters. The van der Waals surface area contributed by atoms with Gasteiger partial charge in [-0.15, -0.1) is 0 Å². The standard InChI is InChI=1S/C23H27N.C15H19N.C8H9.BrH.Mg/c1-14(2)18-12-21(15(3)4)20-7-8-24-23(22(20)13-18)19-10-16(5)9-17(6)11-19;1-10(2)12-7-13-9-16-6-5-14(13)15(8-12)11(3)4;1-7-4-3-5-8(2)6-7;;/h7-15H,1-6H3;5-11H,1-4H3;4-6H,1-2H3;1H;/q;;-1;;+2/p-1. The molecule has 4 heteroatoms. The van der Waals surface area contributed by atoms with Crippen molar-refractivity contribution in [2.24, 2.45) is 0 Å². The van der Waals surface area contributed by atoms with Crippen molar-refractivity contribution >= 4 is 44.6 Å². The molecule has 2 aromatic heterocycles. The number of rotatable bonds is 5. The average Bonchev–Trinajstić information content (AvgIpc) is 3.03. The third-order valence-electron chi connectivity index (χ3n) is 8.89. The molecule has 2 nitrogen and oxygen atoms in total. The van der Waals surface area contributed by atoms with Gasteiger partial charge in [-0.3, -0.25) is 9.97 Å². The van der Waals surface area contributed by atoms with Crippen molar-refractivity contribution in [3.05, 3.63) is 142 Å². The van der Waals surface area contributed by atoms with Gasteiger partial charge in [0, 0.05) is 34.9 Å². The molecular formula is C46H55BrMgN2. The van der Waals surface area contributed by atoms with Crippen molar-refractivity contribution < 1.29 is 17.0 Å². The van der Waals surface area contributed by atoms with E-state index in [0.29, 0.717) is 23.7 Å². The molecule has 0 radical (unpaired) electrons. The van der Waals surface area contributed by atoms with Crippen LogP contribution in [0.3, 0.4) is 0 Å². The van der Waals surface area contributed by atoms with Crippen LogP contribution in [-0.4, -0.2) is 33.0 Å². The molecule has 0 aliphatic carbocycles. The Hall–Kier alpha value is -3.05. The Bertz CT molecular complexity index is 1950. The van der Waals surface area contributed by atoms with Gasteiger partial charge in [0.25, 0.3) is 0 Å². The van der Waals surface area contributed by atoms with Gasteiger partial charge in [0.2, 0.25) is 0 Å². The fourth-order valence-corrected chi connectivity index (χ4v) is 6.31. The average molecular weight is 740 g/mol. The number of aromatic nitrogens is 2. The zero-order valence-electron chi connectivity index (χ0n) is 32.4. The largest absolute Gasteiger partial charge is 2.00 e. The van der Waals surface area contributed by atoms with Crippen LogP contribution in [-0.2, 0) is 0 Å². The summed E-state index contributed by atoms with van der Waals surface area (Å²) in [6.07, 6.45) is 5.80. The van der Waals surface area contributed by atoms with E-state index in [9.17, 15) is 0 Å². The Morgan fingerprint density at radius 2 is 1.02 bits per heavy atom. The number of fused-ring (bicyclic) bond motifs is 2. The third kappa shape index (κ3) is 11.2. The van der Waals surface area contributed by atoms with E-state index in [0.717, 1.165) is 5.69 Å². The van der Waals surface area contributed by atoms with E-state index in [-0.39, 0.29) is 40.0 Å². The van der Waals surface area contributed by atoms with Gasteiger partial charge in [-0.2, -0.15) is 35.4 Å². The molecule has 0 bridgehead atoms. The molecular weight excluding hydrogens is 685 g/mol. The van der Waals surface area contributed by atoms with E-state index in [4.69, 9.17) is 4.98 Å². The quantitative estimate of drug-likeness (QED) is 0.130. The van der Waals surface area contributed by atoms with Crippen LogP contribution in [0.2, 0.25) is 0 Å². The van der Waals surface area contributed by atoms with E-state index in [2.05, 4.69) is 155 Å². The maximum absolute atomic E-state index is 4.76. The summed E-state index contributed by atoms with van der Waals surface area (Å²) in [6.45, 7) is 26.5. The van der Waals surface area contributed by atoms with Crippen LogP contribution < -0.4 is 17.0 Å². The van der Waals surface area contributed by atoms with Crippen LogP contribution in [0.4, 0.5) is 0 Å². The zero-order chi connectivity index (χ0) is 35.1. The molecule has 0 saturated carbocycles. The van der Waals surface area contributed by atoms with Crippen molar-refractivity contribution in [2.75, 3.05) is 0 Å². The molecule has 50 heavy (non-hydrogen) atoms. The summed E-state index contributed by atoms with van der Waals surface area (Å²) in [5.41, 5.74) is 13.1. The molecule has 6 aromatic rings. The monoisotopic (exact) mass is 738 g/mol. The van der Waals surface area contributed by atoms with Crippen molar-refractivity contribution in [1.29, 1.82) is 0 Å². The Balaban J connectivity index is 0.000000287. The second kappa shape index (κ2) is 19.5. The van der Waals surface area contributed by atoms with Crippen LogP contribution >= 0.6 is 0 Å². The van der Waals surface area contributed by atoms with Crippen molar-refractivity contribution in [3.63, 3.8) is 0 Å². The number of halogens is 1. The number of nitrogens with zero attached hydrogens (tertiary/aromatic N) is 2. The summed E-state index contributed by atoms with van der Waals surface area (Å²) in [6, 6.07) is 29.4. The van der Waals surface area contributed by atoms with Gasteiger partial charge in [0.1, 0.15) is 0 Å². The van der Waals surface area contributed by atoms with Crippen LogP contribution in [0, 0.1) is 33.8 Å². The first-order chi connectivity index (χ1) is 22.7. The van der Waals surface area contributed by atoms with E-state index >= 15 is 0 Å². The molecule has 0 saturated heterocycles. The Morgan fingerprint density at radius 1 is 0.520 bits per heavy atom. The number of hydrogen-bond acceptors (Lipinski definition) is 2. The Morgan fingerprint density at radius 3 is 1.52 bits per heavy atom. The maximum Gasteiger partial charge on any atom is 2.00 e. The molecule has 2 heterocycles. The first-order valence-corrected chi connectivity index (χ1v) is 17.6. The SMILES string of the molecule is CC(C)c1cc(C(C)C)c2ccncc2c1.Cc1c[c-]cc(C)c1.Cc1cc(C)cc(-c2nccc3c(C(C)C)cc(C(C)C)cc23)c1.[Br-].[Mg+2]. The minimum Gasteiger partial charge on any atom is -1.00 e. The van der Waals surface area contributed by atoms with Crippen LogP contribution in [0.15, 0.2) is 91.4 Å². The fourth-order valence-electron chi connectivity index (χ4n) is 6.31. The summed E-state index contributed by atoms with van der Waals surface area (Å²) in [4.78, 5) is 8.97. The first kappa shape index (κ1) is 43.1. The van der Waals surface area contributed by atoms with E-state index < -0.39 is 0 Å². The van der Waals surface area contributed by atoms with Gasteiger partial charge in [-0.25, -0.2) is 0 Å². The smallest absolute Gasteiger partial charge is 1.00 e. The zero-order valence-corrected chi connectivity index (χ0v) is 35.4. The third-order valence-corrected chi connectivity index (χ3v) is 8.89. The molecule has 6 rings (SSSR count). The summed E-state index contributed by atoms with van der Waals surface area (Å²) in [5, 5.41) is 5.21. The molecule has 4 aromatic carbocycles. The normalized spacial score (nSPS) is 10.8. The van der Waals surface area contributed by atoms with Gasteiger partial charge in [-0.1, -0.05) is 98.6 Å². The molecule has 0 spiro atoms. The number of hydrogen-bond donors (Lipinski definition) is 0. The summed E-state index contributed by atoms with van der Waals surface area (Å²) in [5.74, 6) is 2.14. The van der Waals surface area contributed by atoms with Crippen molar-refractivity contribution in [1.82, 2.24) is 9.97 Å². The molecule has 0 aliphatic heterocycles. The predicted octanol–water partition coefficient (Wildman–Crippen LogP) is 9.97. The van der Waals surface area contributed by atoms with E-state index in [1.807, 2.05) is 30.7 Å². The second-order valence-corrected chi connectivity index (χ2v) is 14.7. The minimum absolute atomic E-state index is 0. The van der Waals surface area contributed by atoms with Crippen molar-refractivity contribution in [2.45, 2.75) is 107 Å². The second-order valence-electron chi connectivity index (χ2n) is 14.7. The van der Waals surface area contributed by atoms with Gasteiger partial charge >= 0.3 is 23.1 Å². The fraction of sp³-hybridized carbons (Fsp3) is 0.348. The van der Waals surface area contributed by atoms with Crippen LogP contribution in [0.5, 0.6) is 0 Å². The van der Waals surface area contributed by atoms with Gasteiger partial charge in [0.05, 0.1) is 5.69 Å². The number of pyridine rings is 2. The summed E-state index contributed by atoms with van der Waals surface area (Å²) < 4.78 is 0. The predicted molar refractivity (Wildman–Crippen MR) is 215 cm³/mol. The van der Waals surface area contributed by atoms with Gasteiger partial charge < -0.3 is 17.0 Å². The topological polar surface area (TPSA) is 25.8 Å². The van der Waals surface area contributed by atoms with E-state index in [1.54, 1.807) is 0 Å². The minimum atomic E-state index is 0. The molecule has 0 atom stereocenters. The molecule has 0 aliphatic rings. The first-order valence-electron chi connectivity index (χ1n) is 17.6. The van der Waals surface area contributed by atoms with E-state index in [1.165, 1.54) is 71.6 Å². The van der Waals surface area contributed by atoms with Gasteiger partial charge in [-0.05, 0) is 107 Å². The summed E-state index contributed by atoms with van der Waals surface area (Å²) in [7, 11) is 0. The molecule has 0 N–H and O–H groups in total. The number of benzene rings is 4. The Kier molecular flexibility index (Phi) is 16.8. The maximum atomic E-state index is 4.76. The van der Waals surface area contributed by atoms with Crippen LogP contribution in [0.1, 0.15) is 124 Å². The number of aryl methyl sites for hydroxylation is 4. The Labute approximate surface area is 329 Å². The molecule has 258 valence electrons.